The van der Waals surface area contributed by atoms with Crippen LogP contribution in [0.2, 0.25) is 0 Å². The van der Waals surface area contributed by atoms with Crippen LogP contribution in [0.5, 0.6) is 5.75 Å². The normalized spacial score (nSPS) is 10.4. The topological polar surface area (TPSA) is 21.3 Å². The minimum atomic E-state index is 0.532. The fourth-order valence-electron chi connectivity index (χ4n) is 1.46. The van der Waals surface area contributed by atoms with Crippen LogP contribution in [0.25, 0.3) is 0 Å². The zero-order valence-corrected chi connectivity index (χ0v) is 14.0. The van der Waals surface area contributed by atoms with E-state index in [-0.39, 0.29) is 0 Å². The Balaban J connectivity index is 2.74. The molecule has 0 aromatic heterocycles. The number of ether oxygens (including phenoxy) is 1. The first-order valence-electron chi connectivity index (χ1n) is 6.00. The standard InChI is InChI=1S/C14H19Br2NO/c1-4-5-17-8-11-6-12(15)14(13(16)7-11)18-9-10(2)3/h6-7,17H,2,4-5,8-9H2,1,3H3. The summed E-state index contributed by atoms with van der Waals surface area (Å²) in [7, 11) is 0. The molecule has 0 atom stereocenters. The Morgan fingerprint density at radius 1 is 1.33 bits per heavy atom. The van der Waals surface area contributed by atoms with Crippen molar-refractivity contribution in [2.45, 2.75) is 26.8 Å². The fourth-order valence-corrected chi connectivity index (χ4v) is 2.97. The summed E-state index contributed by atoms with van der Waals surface area (Å²) >= 11 is 7.09. The van der Waals surface area contributed by atoms with Crippen molar-refractivity contribution in [3.63, 3.8) is 0 Å². The van der Waals surface area contributed by atoms with E-state index in [0.29, 0.717) is 6.61 Å². The predicted molar refractivity (Wildman–Crippen MR) is 84.1 cm³/mol. The van der Waals surface area contributed by atoms with Gasteiger partial charge in [-0.15, -0.1) is 0 Å². The van der Waals surface area contributed by atoms with Gasteiger partial charge in [-0.05, 0) is 75.0 Å². The molecule has 4 heteroatoms. The average molecular weight is 377 g/mol. The molecule has 0 bridgehead atoms. The van der Waals surface area contributed by atoms with Gasteiger partial charge in [-0.2, -0.15) is 0 Å². The van der Waals surface area contributed by atoms with E-state index in [0.717, 1.165) is 39.8 Å². The Morgan fingerprint density at radius 3 is 2.44 bits per heavy atom. The molecule has 0 aliphatic rings. The summed E-state index contributed by atoms with van der Waals surface area (Å²) in [5, 5.41) is 3.38. The van der Waals surface area contributed by atoms with Crippen LogP contribution in [0.4, 0.5) is 0 Å². The Morgan fingerprint density at radius 2 is 1.94 bits per heavy atom. The zero-order chi connectivity index (χ0) is 13.5. The second kappa shape index (κ2) is 7.97. The fraction of sp³-hybridized carbons (Fsp3) is 0.429. The molecule has 0 spiro atoms. The van der Waals surface area contributed by atoms with Gasteiger partial charge < -0.3 is 10.1 Å². The summed E-state index contributed by atoms with van der Waals surface area (Å²) in [6, 6.07) is 4.17. The van der Waals surface area contributed by atoms with Crippen molar-refractivity contribution in [3.05, 3.63) is 38.8 Å². The summed E-state index contributed by atoms with van der Waals surface area (Å²) in [6.07, 6.45) is 1.14. The van der Waals surface area contributed by atoms with Gasteiger partial charge in [-0.3, -0.25) is 0 Å². The largest absolute Gasteiger partial charge is 0.487 e. The molecule has 0 aliphatic carbocycles. The first-order chi connectivity index (χ1) is 8.54. The van der Waals surface area contributed by atoms with Crippen molar-refractivity contribution >= 4 is 31.9 Å². The monoisotopic (exact) mass is 375 g/mol. The summed E-state index contributed by atoms with van der Waals surface area (Å²) < 4.78 is 7.62. The quantitative estimate of drug-likeness (QED) is 0.551. The molecule has 1 N–H and O–H groups in total. The third kappa shape index (κ3) is 5.12. The van der Waals surface area contributed by atoms with E-state index in [1.807, 2.05) is 6.92 Å². The van der Waals surface area contributed by atoms with Crippen molar-refractivity contribution in [1.29, 1.82) is 0 Å². The summed E-state index contributed by atoms with van der Waals surface area (Å²) in [5.41, 5.74) is 2.23. The molecule has 1 aromatic rings. The minimum absolute atomic E-state index is 0.532. The first kappa shape index (κ1) is 15.7. The Labute approximate surface area is 126 Å². The number of rotatable bonds is 7. The van der Waals surface area contributed by atoms with Crippen LogP contribution in [0, 0.1) is 0 Å². The van der Waals surface area contributed by atoms with Crippen molar-refractivity contribution in [2.24, 2.45) is 0 Å². The summed E-state index contributed by atoms with van der Waals surface area (Å²) in [4.78, 5) is 0. The third-order valence-electron chi connectivity index (χ3n) is 2.28. The van der Waals surface area contributed by atoms with Gasteiger partial charge in [0, 0.05) is 6.54 Å². The Hall–Kier alpha value is -0.320. The molecule has 1 aromatic carbocycles. The van der Waals surface area contributed by atoms with E-state index < -0.39 is 0 Å². The van der Waals surface area contributed by atoms with Crippen LogP contribution in [0.3, 0.4) is 0 Å². The summed E-state index contributed by atoms with van der Waals surface area (Å²) in [6.45, 7) is 10.4. The highest BCUT2D eigenvalue weighted by atomic mass is 79.9. The van der Waals surface area contributed by atoms with Gasteiger partial charge in [0.2, 0.25) is 0 Å². The van der Waals surface area contributed by atoms with Crippen LogP contribution in [0.1, 0.15) is 25.8 Å². The number of benzene rings is 1. The van der Waals surface area contributed by atoms with Gasteiger partial charge >= 0.3 is 0 Å². The van der Waals surface area contributed by atoms with Gasteiger partial charge in [0.25, 0.3) is 0 Å². The van der Waals surface area contributed by atoms with E-state index in [9.17, 15) is 0 Å². The van der Waals surface area contributed by atoms with Gasteiger partial charge in [-0.1, -0.05) is 13.5 Å². The van der Waals surface area contributed by atoms with Gasteiger partial charge in [0.05, 0.1) is 8.95 Å². The van der Waals surface area contributed by atoms with Crippen molar-refractivity contribution in [1.82, 2.24) is 5.32 Å². The highest BCUT2D eigenvalue weighted by molar-refractivity contribution is 9.11. The zero-order valence-electron chi connectivity index (χ0n) is 10.9. The van der Waals surface area contributed by atoms with Gasteiger partial charge in [0.15, 0.2) is 0 Å². The van der Waals surface area contributed by atoms with E-state index in [1.54, 1.807) is 0 Å². The lowest BCUT2D eigenvalue weighted by atomic mass is 10.2. The molecule has 0 radical (unpaired) electrons. The van der Waals surface area contributed by atoms with Crippen molar-refractivity contribution in [3.8, 4) is 5.75 Å². The van der Waals surface area contributed by atoms with E-state index >= 15 is 0 Å². The predicted octanol–water partition coefficient (Wildman–Crippen LogP) is 4.67. The number of hydrogen-bond donors (Lipinski definition) is 1. The second-order valence-corrected chi connectivity index (χ2v) is 6.02. The van der Waals surface area contributed by atoms with E-state index in [2.05, 4.69) is 62.8 Å². The minimum Gasteiger partial charge on any atom is -0.487 e. The Kier molecular flexibility index (Phi) is 6.97. The number of nitrogens with one attached hydrogen (secondary N) is 1. The van der Waals surface area contributed by atoms with Gasteiger partial charge in [0.1, 0.15) is 12.4 Å². The molecule has 0 aliphatic heterocycles. The lowest BCUT2D eigenvalue weighted by molar-refractivity contribution is 0.348. The highest BCUT2D eigenvalue weighted by Gasteiger charge is 2.09. The third-order valence-corrected chi connectivity index (χ3v) is 3.45. The molecular formula is C14H19Br2NO. The maximum absolute atomic E-state index is 5.70. The van der Waals surface area contributed by atoms with Gasteiger partial charge in [-0.25, -0.2) is 0 Å². The van der Waals surface area contributed by atoms with Crippen LogP contribution in [-0.4, -0.2) is 13.2 Å². The number of hydrogen-bond acceptors (Lipinski definition) is 2. The lowest BCUT2D eigenvalue weighted by Crippen LogP contribution is -2.13. The van der Waals surface area contributed by atoms with E-state index in [4.69, 9.17) is 4.74 Å². The molecule has 0 saturated heterocycles. The van der Waals surface area contributed by atoms with Crippen LogP contribution in [-0.2, 0) is 6.54 Å². The average Bonchev–Trinajstić information content (AvgIpc) is 2.28. The molecule has 0 saturated carbocycles. The molecule has 1 rings (SSSR count). The van der Waals surface area contributed by atoms with Crippen molar-refractivity contribution < 1.29 is 4.74 Å². The smallest absolute Gasteiger partial charge is 0.148 e. The highest BCUT2D eigenvalue weighted by Crippen LogP contribution is 2.35. The summed E-state index contributed by atoms with van der Waals surface area (Å²) in [5.74, 6) is 0.831. The maximum atomic E-state index is 5.70. The SMILES string of the molecule is C=C(C)COc1c(Br)cc(CNCCC)cc1Br. The molecule has 18 heavy (non-hydrogen) atoms. The lowest BCUT2D eigenvalue weighted by Gasteiger charge is -2.12. The molecule has 100 valence electrons. The molecule has 0 amide bonds. The number of halogens is 2. The van der Waals surface area contributed by atoms with Crippen molar-refractivity contribution in [2.75, 3.05) is 13.2 Å². The van der Waals surface area contributed by atoms with Crippen LogP contribution in [0.15, 0.2) is 33.2 Å². The van der Waals surface area contributed by atoms with E-state index in [1.165, 1.54) is 5.56 Å². The molecule has 0 unspecified atom stereocenters. The molecule has 0 heterocycles. The first-order valence-corrected chi connectivity index (χ1v) is 7.59. The molecule has 0 fully saturated rings. The van der Waals surface area contributed by atoms with Crippen LogP contribution >= 0.6 is 31.9 Å². The maximum Gasteiger partial charge on any atom is 0.148 e. The second-order valence-electron chi connectivity index (χ2n) is 4.31. The molecular weight excluding hydrogens is 358 g/mol. The molecule has 2 nitrogen and oxygen atoms in total. The van der Waals surface area contributed by atoms with Crippen LogP contribution < -0.4 is 10.1 Å². The Bertz CT molecular complexity index is 395.